The number of carboxylic acids is 1. The minimum atomic E-state index is -4.39. The van der Waals surface area contributed by atoms with Crippen LogP contribution in [0.4, 0.5) is 0 Å². The summed E-state index contributed by atoms with van der Waals surface area (Å²) in [4.78, 5) is 19.4. The third-order valence-electron chi connectivity index (χ3n) is 2.73. The molecule has 0 saturated heterocycles. The number of carbonyl (C=O) groups is 2. The summed E-state index contributed by atoms with van der Waals surface area (Å²) < 4.78 is 26.9. The number of aldehydes is 1. The predicted molar refractivity (Wildman–Crippen MR) is 79.3 cm³/mol. The van der Waals surface area contributed by atoms with Crippen molar-refractivity contribution in [1.29, 1.82) is 0 Å². The average molecular weight is 346 g/mol. The van der Waals surface area contributed by atoms with E-state index in [9.17, 15) is 23.1 Å². The number of rotatable bonds is 12. The van der Waals surface area contributed by atoms with E-state index < -0.39 is 21.8 Å². The molecule has 0 aliphatic rings. The average Bonchev–Trinajstić information content (AvgIpc) is 2.35. The maximum Gasteiger partial charge on any atom is 1.00 e. The molecule has 0 saturated carbocycles. The fourth-order valence-electron chi connectivity index (χ4n) is 1.69. The molecule has 0 rings (SSSR count). The summed E-state index contributed by atoms with van der Waals surface area (Å²) in [5, 5.41) is 9.36. The van der Waals surface area contributed by atoms with Gasteiger partial charge in [-0.2, -0.15) is 8.42 Å². The van der Waals surface area contributed by atoms with Crippen molar-refractivity contribution in [3.8, 4) is 0 Å². The number of aliphatic carboxylic acids is 1. The fraction of sp³-hybridized carbons (Fsp3) is 0.857. The quantitative estimate of drug-likeness (QED) is 0.204. The van der Waals surface area contributed by atoms with Gasteiger partial charge in [0.25, 0.3) is 10.1 Å². The van der Waals surface area contributed by atoms with Gasteiger partial charge in [0, 0.05) is 6.42 Å². The summed E-state index contributed by atoms with van der Waals surface area (Å²) in [5.41, 5.74) is 0. The van der Waals surface area contributed by atoms with Crippen LogP contribution in [0.2, 0.25) is 0 Å². The first kappa shape index (κ1) is 26.9. The van der Waals surface area contributed by atoms with Crippen LogP contribution >= 0.6 is 0 Å². The van der Waals surface area contributed by atoms with Crippen LogP contribution in [0.1, 0.15) is 71.1 Å². The van der Waals surface area contributed by atoms with E-state index in [0.29, 0.717) is 0 Å². The molecule has 0 fully saturated rings. The van der Waals surface area contributed by atoms with Crippen LogP contribution in [0.3, 0.4) is 0 Å². The minimum absolute atomic E-state index is 0. The van der Waals surface area contributed by atoms with E-state index in [0.717, 1.165) is 19.1 Å². The zero-order chi connectivity index (χ0) is 16.6. The predicted octanol–water partition coefficient (Wildman–Crippen LogP) is -1.27. The zero-order valence-electron chi connectivity index (χ0n) is 13.8. The van der Waals surface area contributed by atoms with Gasteiger partial charge in [-0.05, 0) is 6.42 Å². The molecule has 126 valence electrons. The molecule has 0 atom stereocenters. The molecule has 0 aromatic carbocycles. The molecular formula is C14H27NaO6S. The van der Waals surface area contributed by atoms with Crippen LogP contribution in [0.15, 0.2) is 0 Å². The molecule has 0 aromatic heterocycles. The molecule has 0 bridgehead atoms. The van der Waals surface area contributed by atoms with Gasteiger partial charge in [0.1, 0.15) is 12.0 Å². The molecule has 0 spiro atoms. The first-order chi connectivity index (χ1) is 9.83. The van der Waals surface area contributed by atoms with Gasteiger partial charge in [0.2, 0.25) is 0 Å². The number of hydrogen-bond acceptors (Lipinski definition) is 5. The van der Waals surface area contributed by atoms with E-state index in [4.69, 9.17) is 4.55 Å². The molecule has 6 nitrogen and oxygen atoms in total. The van der Waals surface area contributed by atoms with Gasteiger partial charge >= 0.3 is 29.6 Å². The van der Waals surface area contributed by atoms with Gasteiger partial charge in [0.05, 0.1) is 5.97 Å². The Labute approximate surface area is 156 Å². The Kier molecular flexibility index (Phi) is 23.4. The molecule has 0 amide bonds. The van der Waals surface area contributed by atoms with Gasteiger partial charge < -0.3 is 14.7 Å². The van der Waals surface area contributed by atoms with Crippen molar-refractivity contribution < 1.29 is 57.2 Å². The van der Waals surface area contributed by atoms with Crippen LogP contribution in [0, 0.1) is 0 Å². The van der Waals surface area contributed by atoms with E-state index in [1.54, 1.807) is 0 Å². The Morgan fingerprint density at radius 3 is 1.68 bits per heavy atom. The normalized spacial score (nSPS) is 10.1. The Balaban J connectivity index is -0.000000348. The molecule has 8 heteroatoms. The van der Waals surface area contributed by atoms with E-state index >= 15 is 0 Å². The van der Waals surface area contributed by atoms with Crippen LogP contribution in [-0.2, 0) is 19.7 Å². The largest absolute Gasteiger partial charge is 1.00 e. The molecule has 0 aromatic rings. The molecular weight excluding hydrogens is 319 g/mol. The summed E-state index contributed by atoms with van der Waals surface area (Å²) in [6, 6.07) is 0. The topological polar surface area (TPSA) is 112 Å². The summed E-state index contributed by atoms with van der Waals surface area (Å²) in [7, 11) is -4.39. The summed E-state index contributed by atoms with van der Waals surface area (Å²) >= 11 is 0. The smallest absolute Gasteiger partial charge is 0.549 e. The Hall–Kier alpha value is 0.0500. The zero-order valence-corrected chi connectivity index (χ0v) is 16.6. The molecule has 1 N–H and O–H groups in total. The maximum absolute atomic E-state index is 10.0. The van der Waals surface area contributed by atoms with Crippen molar-refractivity contribution in [3.63, 3.8) is 0 Å². The summed E-state index contributed by atoms with van der Waals surface area (Å²) in [6.07, 6.45) is 13.7. The van der Waals surface area contributed by atoms with Crippen LogP contribution in [0.25, 0.3) is 0 Å². The van der Waals surface area contributed by atoms with Crippen molar-refractivity contribution in [2.24, 2.45) is 0 Å². The van der Waals surface area contributed by atoms with Gasteiger partial charge in [-0.1, -0.05) is 58.3 Å². The monoisotopic (exact) mass is 346 g/mol. The van der Waals surface area contributed by atoms with Crippen molar-refractivity contribution in [2.75, 3.05) is 5.75 Å². The van der Waals surface area contributed by atoms with E-state index in [1.807, 2.05) is 0 Å². The Morgan fingerprint density at radius 2 is 1.41 bits per heavy atom. The fourth-order valence-corrected chi connectivity index (χ4v) is 1.99. The Bertz CT molecular complexity index is 356. The number of hydrogen-bond donors (Lipinski definition) is 1. The van der Waals surface area contributed by atoms with Crippen molar-refractivity contribution in [1.82, 2.24) is 0 Å². The molecule has 0 aliphatic heterocycles. The van der Waals surface area contributed by atoms with Crippen LogP contribution in [-0.4, -0.2) is 31.0 Å². The maximum atomic E-state index is 10.0. The number of carbonyl (C=O) groups excluding carboxylic acids is 2. The first-order valence-electron chi connectivity index (χ1n) is 7.42. The summed E-state index contributed by atoms with van der Waals surface area (Å²) in [5.74, 6) is -3.15. The van der Waals surface area contributed by atoms with E-state index in [2.05, 4.69) is 6.92 Å². The van der Waals surface area contributed by atoms with Crippen LogP contribution < -0.4 is 34.7 Å². The first-order valence-corrected chi connectivity index (χ1v) is 9.03. The SMILES string of the molecule is CCCCCCCCCCCC=O.O=C([O-])CS(=O)(=O)O.[Na+]. The number of carboxylic acid groups (broad SMARTS) is 1. The van der Waals surface area contributed by atoms with Gasteiger partial charge in [0.15, 0.2) is 0 Å². The van der Waals surface area contributed by atoms with E-state index in [-0.39, 0.29) is 29.6 Å². The third kappa shape index (κ3) is 32.1. The second-order valence-corrected chi connectivity index (χ2v) is 6.33. The number of unbranched alkanes of at least 4 members (excludes halogenated alkanes) is 9. The molecule has 22 heavy (non-hydrogen) atoms. The van der Waals surface area contributed by atoms with Crippen molar-refractivity contribution in [2.45, 2.75) is 71.1 Å². The molecule has 0 unspecified atom stereocenters. The van der Waals surface area contributed by atoms with Crippen molar-refractivity contribution in [3.05, 3.63) is 0 Å². The second kappa shape index (κ2) is 19.1. The van der Waals surface area contributed by atoms with E-state index in [1.165, 1.54) is 51.4 Å². The second-order valence-electron chi connectivity index (χ2n) is 4.88. The summed E-state index contributed by atoms with van der Waals surface area (Å²) in [6.45, 7) is 2.25. The van der Waals surface area contributed by atoms with Crippen LogP contribution in [0.5, 0.6) is 0 Å². The minimum Gasteiger partial charge on any atom is -0.549 e. The standard InChI is InChI=1S/C12H24O.C2H4O5S.Na/c1-2-3-4-5-6-7-8-9-10-11-12-13;3-2(4)1-8(5,6)7;/h12H,2-11H2,1H3;1H2,(H,3,4)(H,5,6,7);/q;;+1/p-1. The molecule has 0 radical (unpaired) electrons. The Morgan fingerprint density at radius 1 is 1.00 bits per heavy atom. The molecule has 0 heterocycles. The van der Waals surface area contributed by atoms with Gasteiger partial charge in [-0.25, -0.2) is 0 Å². The molecule has 0 aliphatic carbocycles. The van der Waals surface area contributed by atoms with Gasteiger partial charge in [-0.15, -0.1) is 0 Å². The third-order valence-corrected chi connectivity index (χ3v) is 3.33. The van der Waals surface area contributed by atoms with Crippen molar-refractivity contribution >= 4 is 22.4 Å². The van der Waals surface area contributed by atoms with Gasteiger partial charge in [-0.3, -0.25) is 4.55 Å².